The number of benzene rings is 2. The van der Waals surface area contributed by atoms with Crippen molar-refractivity contribution >= 4 is 0 Å². The van der Waals surface area contributed by atoms with Gasteiger partial charge in [-0.25, -0.2) is 0 Å². The molecule has 2 aromatic carbocycles. The summed E-state index contributed by atoms with van der Waals surface area (Å²) in [4.78, 5) is 0. The molecule has 1 heterocycles. The van der Waals surface area contributed by atoms with E-state index in [0.717, 1.165) is 31.6 Å². The average molecular weight is 282 g/mol. The third kappa shape index (κ3) is 3.27. The number of ether oxygens (including phenoxy) is 1. The van der Waals surface area contributed by atoms with E-state index < -0.39 is 0 Å². The van der Waals surface area contributed by atoms with Crippen LogP contribution in [0.1, 0.15) is 36.0 Å². The van der Waals surface area contributed by atoms with Crippen LogP contribution in [-0.2, 0) is 12.8 Å². The Morgan fingerprint density at radius 3 is 2.76 bits per heavy atom. The molecule has 0 aromatic heterocycles. The first-order valence-electron chi connectivity index (χ1n) is 7.71. The van der Waals surface area contributed by atoms with Gasteiger partial charge in [-0.15, -0.1) is 0 Å². The maximum absolute atomic E-state index is 10.4. The van der Waals surface area contributed by atoms with Crippen molar-refractivity contribution < 1.29 is 9.84 Å². The molecule has 2 unspecified atom stereocenters. The molecule has 1 N–H and O–H groups in total. The lowest BCUT2D eigenvalue weighted by molar-refractivity contribution is 0.140. The molecule has 110 valence electrons. The van der Waals surface area contributed by atoms with Gasteiger partial charge in [0.2, 0.25) is 0 Å². The van der Waals surface area contributed by atoms with E-state index in [-0.39, 0.29) is 12.0 Å². The van der Waals surface area contributed by atoms with Crippen LogP contribution in [-0.4, -0.2) is 17.8 Å². The highest BCUT2D eigenvalue weighted by molar-refractivity contribution is 5.39. The van der Waals surface area contributed by atoms with E-state index in [9.17, 15) is 5.11 Å². The molecule has 1 aliphatic rings. The van der Waals surface area contributed by atoms with E-state index in [4.69, 9.17) is 4.74 Å². The zero-order valence-electron chi connectivity index (χ0n) is 12.5. The van der Waals surface area contributed by atoms with Gasteiger partial charge in [0.05, 0.1) is 12.7 Å². The monoisotopic (exact) mass is 282 g/mol. The van der Waals surface area contributed by atoms with E-state index >= 15 is 0 Å². The van der Waals surface area contributed by atoms with Crippen molar-refractivity contribution in [3.8, 4) is 5.75 Å². The van der Waals surface area contributed by atoms with E-state index in [0.29, 0.717) is 0 Å². The Bertz CT molecular complexity index is 592. The summed E-state index contributed by atoms with van der Waals surface area (Å²) in [5, 5.41) is 10.4. The molecular weight excluding hydrogens is 260 g/mol. The SMILES string of the molecule is CC(c1ccccc1)C(O)CCc1ccc2c(c1)CCO2. The lowest BCUT2D eigenvalue weighted by Gasteiger charge is -2.19. The molecule has 0 aliphatic carbocycles. The summed E-state index contributed by atoms with van der Waals surface area (Å²) in [5.74, 6) is 1.20. The molecule has 0 radical (unpaired) electrons. The van der Waals surface area contributed by atoms with Crippen LogP contribution in [0.15, 0.2) is 48.5 Å². The van der Waals surface area contributed by atoms with Gasteiger partial charge in [0.15, 0.2) is 0 Å². The molecule has 0 bridgehead atoms. The number of rotatable bonds is 5. The van der Waals surface area contributed by atoms with Crippen LogP contribution in [0.5, 0.6) is 5.75 Å². The molecule has 21 heavy (non-hydrogen) atoms. The summed E-state index contributed by atoms with van der Waals surface area (Å²) >= 11 is 0. The maximum atomic E-state index is 10.4. The molecule has 0 spiro atoms. The smallest absolute Gasteiger partial charge is 0.122 e. The zero-order valence-corrected chi connectivity index (χ0v) is 12.5. The van der Waals surface area contributed by atoms with E-state index in [1.54, 1.807) is 0 Å². The summed E-state index contributed by atoms with van der Waals surface area (Å²) < 4.78 is 5.53. The molecule has 2 aromatic rings. The second kappa shape index (κ2) is 6.31. The summed E-state index contributed by atoms with van der Waals surface area (Å²) in [6.07, 6.45) is 2.39. The topological polar surface area (TPSA) is 29.5 Å². The highest BCUT2D eigenvalue weighted by Gasteiger charge is 2.17. The first kappa shape index (κ1) is 14.2. The highest BCUT2D eigenvalue weighted by Crippen LogP contribution is 2.27. The van der Waals surface area contributed by atoms with Gasteiger partial charge in [0.25, 0.3) is 0 Å². The minimum atomic E-state index is -0.308. The lowest BCUT2D eigenvalue weighted by Crippen LogP contribution is -2.16. The number of hydrogen-bond donors (Lipinski definition) is 1. The van der Waals surface area contributed by atoms with Crippen LogP contribution in [0.25, 0.3) is 0 Å². The van der Waals surface area contributed by atoms with Gasteiger partial charge >= 0.3 is 0 Å². The van der Waals surface area contributed by atoms with Gasteiger partial charge in [-0.05, 0) is 35.6 Å². The van der Waals surface area contributed by atoms with Crippen molar-refractivity contribution in [2.75, 3.05) is 6.61 Å². The van der Waals surface area contributed by atoms with E-state index in [1.165, 1.54) is 16.7 Å². The Morgan fingerprint density at radius 1 is 1.14 bits per heavy atom. The molecule has 2 heteroatoms. The quantitative estimate of drug-likeness (QED) is 0.905. The number of aliphatic hydroxyl groups excluding tert-OH is 1. The Hall–Kier alpha value is -1.80. The van der Waals surface area contributed by atoms with Gasteiger partial charge in [-0.3, -0.25) is 0 Å². The third-order valence-electron chi connectivity index (χ3n) is 4.39. The Kier molecular flexibility index (Phi) is 4.26. The van der Waals surface area contributed by atoms with Crippen molar-refractivity contribution in [2.45, 2.75) is 38.2 Å². The van der Waals surface area contributed by atoms with E-state index in [1.807, 2.05) is 18.2 Å². The number of hydrogen-bond acceptors (Lipinski definition) is 2. The maximum Gasteiger partial charge on any atom is 0.122 e. The summed E-state index contributed by atoms with van der Waals surface area (Å²) in [5.41, 5.74) is 3.80. The fraction of sp³-hybridized carbons (Fsp3) is 0.368. The van der Waals surface area contributed by atoms with Crippen LogP contribution < -0.4 is 4.74 Å². The normalized spacial score (nSPS) is 16.1. The molecular formula is C19H22O2. The van der Waals surface area contributed by atoms with Gasteiger partial charge in [0.1, 0.15) is 5.75 Å². The summed E-state index contributed by atoms with van der Waals surface area (Å²) in [6.45, 7) is 2.89. The number of aryl methyl sites for hydroxylation is 1. The molecule has 0 amide bonds. The summed E-state index contributed by atoms with van der Waals surface area (Å²) in [6, 6.07) is 16.6. The Balaban J connectivity index is 1.59. The molecule has 3 rings (SSSR count). The lowest BCUT2D eigenvalue weighted by atomic mass is 9.91. The number of aliphatic hydroxyl groups is 1. The molecule has 2 nitrogen and oxygen atoms in total. The van der Waals surface area contributed by atoms with Crippen molar-refractivity contribution in [2.24, 2.45) is 0 Å². The van der Waals surface area contributed by atoms with Crippen LogP contribution in [0, 0.1) is 0 Å². The minimum Gasteiger partial charge on any atom is -0.493 e. The third-order valence-corrected chi connectivity index (χ3v) is 4.39. The van der Waals surface area contributed by atoms with Crippen LogP contribution in [0.3, 0.4) is 0 Å². The van der Waals surface area contributed by atoms with Gasteiger partial charge in [0, 0.05) is 12.3 Å². The van der Waals surface area contributed by atoms with E-state index in [2.05, 4.69) is 37.3 Å². The van der Waals surface area contributed by atoms with Gasteiger partial charge in [-0.1, -0.05) is 49.4 Å². The molecule has 0 fully saturated rings. The van der Waals surface area contributed by atoms with Crippen molar-refractivity contribution in [1.82, 2.24) is 0 Å². The van der Waals surface area contributed by atoms with Gasteiger partial charge in [-0.2, -0.15) is 0 Å². The van der Waals surface area contributed by atoms with Crippen molar-refractivity contribution in [3.05, 3.63) is 65.2 Å². The zero-order chi connectivity index (χ0) is 14.7. The Labute approximate surface area is 126 Å². The molecule has 2 atom stereocenters. The largest absolute Gasteiger partial charge is 0.493 e. The second-order valence-electron chi connectivity index (χ2n) is 5.85. The predicted molar refractivity (Wildman–Crippen MR) is 84.8 cm³/mol. The Morgan fingerprint density at radius 2 is 1.95 bits per heavy atom. The highest BCUT2D eigenvalue weighted by atomic mass is 16.5. The van der Waals surface area contributed by atoms with Crippen LogP contribution >= 0.6 is 0 Å². The molecule has 0 saturated carbocycles. The first-order valence-corrected chi connectivity index (χ1v) is 7.71. The van der Waals surface area contributed by atoms with Crippen molar-refractivity contribution in [1.29, 1.82) is 0 Å². The first-order chi connectivity index (χ1) is 10.2. The van der Waals surface area contributed by atoms with Gasteiger partial charge < -0.3 is 9.84 Å². The summed E-state index contributed by atoms with van der Waals surface area (Å²) in [7, 11) is 0. The number of fused-ring (bicyclic) bond motifs is 1. The molecule has 0 saturated heterocycles. The molecule has 1 aliphatic heterocycles. The fourth-order valence-electron chi connectivity index (χ4n) is 2.94. The minimum absolute atomic E-state index is 0.170. The fourth-order valence-corrected chi connectivity index (χ4v) is 2.94. The average Bonchev–Trinajstić information content (AvgIpc) is 3.00. The predicted octanol–water partition coefficient (Wildman–Crippen LogP) is 3.72. The van der Waals surface area contributed by atoms with Crippen LogP contribution in [0.4, 0.5) is 0 Å². The second-order valence-corrected chi connectivity index (χ2v) is 5.85. The van der Waals surface area contributed by atoms with Crippen molar-refractivity contribution in [3.63, 3.8) is 0 Å². The standard InChI is InChI=1S/C19H22O2/c1-14(16-5-3-2-4-6-16)18(20)9-7-15-8-10-19-17(13-15)11-12-21-19/h2-6,8,10,13-14,18,20H,7,9,11-12H2,1H3. The van der Waals surface area contributed by atoms with Crippen LogP contribution in [0.2, 0.25) is 0 Å².